The van der Waals surface area contributed by atoms with Gasteiger partial charge in [-0.25, -0.2) is 27.3 Å². The third-order valence-corrected chi connectivity index (χ3v) is 14.8. The Morgan fingerprint density at radius 1 is 0.825 bits per heavy atom. The summed E-state index contributed by atoms with van der Waals surface area (Å²) < 4.78 is 57.4. The topological polar surface area (TPSA) is 83.5 Å². The van der Waals surface area contributed by atoms with E-state index in [1.807, 2.05) is 38.1 Å². The monoisotopic (exact) mass is 716 g/mol. The van der Waals surface area contributed by atoms with Crippen LogP contribution in [0.2, 0.25) is 0 Å². The van der Waals surface area contributed by atoms with Gasteiger partial charge in [0.25, 0.3) is 0 Å². The zero-order valence-corrected chi connectivity index (χ0v) is 28.3. The van der Waals surface area contributed by atoms with Crippen LogP contribution in [0.3, 0.4) is 0 Å². The van der Waals surface area contributed by atoms with Crippen molar-refractivity contribution in [2.75, 3.05) is 17.3 Å². The van der Waals surface area contributed by atoms with Gasteiger partial charge in [0.05, 0.1) is 20.5 Å². The van der Waals surface area contributed by atoms with Crippen LogP contribution in [0.25, 0.3) is 0 Å². The molecule has 2 aromatic rings. The summed E-state index contributed by atoms with van der Waals surface area (Å²) >= 11 is 7.22. The maximum atomic E-state index is 14.8. The molecule has 0 amide bonds. The lowest BCUT2D eigenvalue weighted by Gasteiger charge is -2.48. The third-order valence-electron chi connectivity index (χ3n) is 8.69. The lowest BCUT2D eigenvalue weighted by Crippen LogP contribution is -2.65. The number of hydrogen-bond donors (Lipinski definition) is 1. The molecule has 2 fully saturated rings. The zero-order chi connectivity index (χ0) is 29.0. The van der Waals surface area contributed by atoms with E-state index in [2.05, 4.69) is 37.3 Å². The van der Waals surface area contributed by atoms with Gasteiger partial charge in [-0.15, -0.1) is 0 Å². The Kier molecular flexibility index (Phi) is 11.0. The number of aryl methyl sites for hydroxylation is 2. The van der Waals surface area contributed by atoms with E-state index in [1.165, 1.54) is 6.42 Å². The van der Waals surface area contributed by atoms with E-state index >= 15 is 0 Å². The molecule has 222 valence electrons. The summed E-state index contributed by atoms with van der Waals surface area (Å²) in [4.78, 5) is -0.616. The number of sulfone groups is 2. The van der Waals surface area contributed by atoms with Crippen LogP contribution in [0.5, 0.6) is 0 Å². The Morgan fingerprint density at radius 2 is 1.35 bits per heavy atom. The van der Waals surface area contributed by atoms with Crippen molar-refractivity contribution in [3.8, 4) is 0 Å². The van der Waals surface area contributed by atoms with E-state index in [-0.39, 0.29) is 18.4 Å². The molecule has 1 saturated carbocycles. The zero-order valence-electron chi connectivity index (χ0n) is 23.5. The predicted octanol–water partition coefficient (Wildman–Crippen LogP) is 6.94. The first-order valence-electron chi connectivity index (χ1n) is 14.3. The SMILES string of the molecule is Cc1ccc(S(=O)(=O)C2CC(CBr)CC(C3CCCCCCC3)(S(=O)(=O)c3ccc(C)cc3)NN(CBr)C2)cc1. The van der Waals surface area contributed by atoms with Gasteiger partial charge in [0.15, 0.2) is 19.7 Å². The van der Waals surface area contributed by atoms with Crippen molar-refractivity contribution in [3.63, 3.8) is 0 Å². The average molecular weight is 719 g/mol. The minimum absolute atomic E-state index is 0.0903. The molecule has 2 aliphatic rings. The first-order valence-corrected chi connectivity index (χ1v) is 19.6. The number of hydrazine groups is 1. The van der Waals surface area contributed by atoms with Crippen LogP contribution < -0.4 is 5.43 Å². The summed E-state index contributed by atoms with van der Waals surface area (Å²) in [6.07, 6.45) is 7.77. The molecule has 0 aromatic heterocycles. The van der Waals surface area contributed by atoms with Gasteiger partial charge in [0.1, 0.15) is 4.87 Å². The second kappa shape index (κ2) is 13.7. The second-order valence-electron chi connectivity index (χ2n) is 11.6. The average Bonchev–Trinajstić information content (AvgIpc) is 2.89. The van der Waals surface area contributed by atoms with Gasteiger partial charge in [0.2, 0.25) is 0 Å². The fourth-order valence-electron chi connectivity index (χ4n) is 6.40. The smallest absolute Gasteiger partial charge is 0.198 e. The molecule has 1 heterocycles. The van der Waals surface area contributed by atoms with Gasteiger partial charge < -0.3 is 0 Å². The highest BCUT2D eigenvalue weighted by Crippen LogP contribution is 2.45. The van der Waals surface area contributed by atoms with Crippen LogP contribution >= 0.6 is 31.9 Å². The molecule has 3 unspecified atom stereocenters. The fourth-order valence-corrected chi connectivity index (χ4v) is 11.3. The highest BCUT2D eigenvalue weighted by atomic mass is 79.9. The summed E-state index contributed by atoms with van der Waals surface area (Å²) in [6, 6.07) is 14.2. The molecule has 6 nitrogen and oxygen atoms in total. The first kappa shape index (κ1) is 32.1. The van der Waals surface area contributed by atoms with E-state index in [9.17, 15) is 16.8 Å². The Labute approximate surface area is 257 Å². The van der Waals surface area contributed by atoms with E-state index in [0.717, 1.165) is 49.7 Å². The molecule has 0 radical (unpaired) electrons. The minimum Gasteiger partial charge on any atom is -0.233 e. The summed E-state index contributed by atoms with van der Waals surface area (Å²) in [5.41, 5.74) is 5.85. The van der Waals surface area contributed by atoms with E-state index in [0.29, 0.717) is 33.4 Å². The predicted molar refractivity (Wildman–Crippen MR) is 169 cm³/mol. The van der Waals surface area contributed by atoms with Crippen LogP contribution in [0.1, 0.15) is 68.9 Å². The molecule has 40 heavy (non-hydrogen) atoms. The van der Waals surface area contributed by atoms with Gasteiger partial charge >= 0.3 is 0 Å². The van der Waals surface area contributed by atoms with Crippen molar-refractivity contribution < 1.29 is 16.8 Å². The number of nitrogens with zero attached hydrogens (tertiary/aromatic N) is 1. The molecular formula is C30H42Br2N2O4S2. The Morgan fingerprint density at radius 3 is 1.88 bits per heavy atom. The van der Waals surface area contributed by atoms with Crippen molar-refractivity contribution in [1.82, 2.24) is 10.4 Å². The van der Waals surface area contributed by atoms with E-state index in [1.54, 1.807) is 29.3 Å². The van der Waals surface area contributed by atoms with E-state index < -0.39 is 29.8 Å². The van der Waals surface area contributed by atoms with Gasteiger partial charge in [-0.1, -0.05) is 99.4 Å². The highest BCUT2D eigenvalue weighted by Gasteiger charge is 2.54. The molecule has 0 spiro atoms. The first-order chi connectivity index (χ1) is 19.0. The molecule has 1 aliphatic carbocycles. The Bertz CT molecular complexity index is 1310. The van der Waals surface area contributed by atoms with Crippen LogP contribution in [0.4, 0.5) is 0 Å². The fraction of sp³-hybridized carbons (Fsp3) is 0.600. The van der Waals surface area contributed by atoms with Crippen molar-refractivity contribution in [2.45, 2.75) is 91.5 Å². The number of rotatable bonds is 7. The maximum Gasteiger partial charge on any atom is 0.198 e. The summed E-state index contributed by atoms with van der Waals surface area (Å²) in [5.74, 6) is -0.242. The lowest BCUT2D eigenvalue weighted by atomic mass is 9.80. The van der Waals surface area contributed by atoms with Crippen molar-refractivity contribution in [3.05, 3.63) is 59.7 Å². The van der Waals surface area contributed by atoms with Crippen molar-refractivity contribution in [2.24, 2.45) is 11.8 Å². The molecule has 3 atom stereocenters. The standard InChI is InChI=1S/C30H42Br2N2O4S2/c1-23-10-14-27(15-11-23)39(35,36)29-18-25(20-31)19-30(33-34(21-29)22-32,26-8-6-4-3-5-7-9-26)40(37,38)28-16-12-24(2)13-17-28/h10-17,25-26,29,33H,3-9,18-22H2,1-2H3. The van der Waals surface area contributed by atoms with Gasteiger partial charge in [-0.3, -0.25) is 0 Å². The van der Waals surface area contributed by atoms with E-state index in [4.69, 9.17) is 0 Å². The molecule has 0 bridgehead atoms. The minimum atomic E-state index is -3.85. The quantitative estimate of drug-likeness (QED) is 0.247. The lowest BCUT2D eigenvalue weighted by molar-refractivity contribution is 0.0824. The van der Waals surface area contributed by atoms with Crippen LogP contribution in [0, 0.1) is 25.7 Å². The van der Waals surface area contributed by atoms with Gasteiger partial charge in [-0.05, 0) is 75.6 Å². The largest absolute Gasteiger partial charge is 0.233 e. The molecule has 2 aromatic carbocycles. The number of halogens is 2. The molecule has 4 rings (SSSR count). The normalized spacial score (nSPS) is 26.4. The molecule has 1 saturated heterocycles. The molecular weight excluding hydrogens is 676 g/mol. The van der Waals surface area contributed by atoms with Crippen LogP contribution in [0.15, 0.2) is 58.3 Å². The Hall–Kier alpha value is -0.780. The highest BCUT2D eigenvalue weighted by molar-refractivity contribution is 9.09. The van der Waals surface area contributed by atoms with Crippen molar-refractivity contribution >= 4 is 51.5 Å². The molecule has 1 N–H and O–H groups in total. The number of hydrogen-bond acceptors (Lipinski definition) is 6. The van der Waals surface area contributed by atoms with Gasteiger partial charge in [-0.2, -0.15) is 0 Å². The molecule has 1 aliphatic heterocycles. The summed E-state index contributed by atoms with van der Waals surface area (Å²) in [5, 5.41) is 1.65. The maximum absolute atomic E-state index is 14.8. The number of alkyl halides is 2. The number of benzene rings is 2. The number of nitrogens with one attached hydrogen (secondary N) is 1. The Balaban J connectivity index is 1.81. The summed E-state index contributed by atoms with van der Waals surface area (Å²) in [6.45, 7) is 4.08. The summed E-state index contributed by atoms with van der Waals surface area (Å²) in [7, 11) is -7.49. The van der Waals surface area contributed by atoms with Crippen molar-refractivity contribution in [1.29, 1.82) is 0 Å². The van der Waals surface area contributed by atoms with Crippen LogP contribution in [-0.4, -0.2) is 49.3 Å². The van der Waals surface area contributed by atoms with Gasteiger partial charge in [0, 0.05) is 11.9 Å². The third kappa shape index (κ3) is 6.88. The van der Waals surface area contributed by atoms with Crippen LogP contribution in [-0.2, 0) is 19.7 Å². The molecule has 10 heteroatoms. The second-order valence-corrected chi connectivity index (χ2v) is 17.2.